The second-order valence-corrected chi connectivity index (χ2v) is 8.96. The van der Waals surface area contributed by atoms with Gasteiger partial charge in [0.25, 0.3) is 0 Å². The molecular formula is C26H27N3O7. The standard InChI is InChI=1S/C26H27N3O7/c1-14(30)27-15-5-7-17(8-6-15)29-13-26-10-9-18(36-26)21(22(26)25(29)32)24(31)28-16-11-19(33-2)23(35-4)20(12-16)34-3/h5-12,18,21-22H,13H2,1-4H3,(H,27,30)(H,28,31)/t18-,21-,22-,26-/m0/s1. The van der Waals surface area contributed by atoms with E-state index < -0.39 is 23.5 Å². The van der Waals surface area contributed by atoms with E-state index in [2.05, 4.69) is 10.6 Å². The molecule has 0 aromatic heterocycles. The zero-order chi connectivity index (χ0) is 25.6. The molecule has 0 saturated carbocycles. The Balaban J connectivity index is 1.39. The van der Waals surface area contributed by atoms with Crippen LogP contribution in [0.25, 0.3) is 0 Å². The lowest BCUT2D eigenvalue weighted by Crippen LogP contribution is -2.41. The molecule has 4 atom stereocenters. The number of methoxy groups -OCH3 is 3. The molecule has 3 amide bonds. The van der Waals surface area contributed by atoms with E-state index >= 15 is 0 Å². The number of anilines is 3. The van der Waals surface area contributed by atoms with Crippen LogP contribution in [0, 0.1) is 11.8 Å². The van der Waals surface area contributed by atoms with E-state index in [0.29, 0.717) is 40.9 Å². The van der Waals surface area contributed by atoms with E-state index in [9.17, 15) is 14.4 Å². The maximum Gasteiger partial charge on any atom is 0.234 e. The van der Waals surface area contributed by atoms with Gasteiger partial charge in [0, 0.05) is 36.1 Å². The van der Waals surface area contributed by atoms with Crippen LogP contribution in [0.1, 0.15) is 6.92 Å². The molecule has 3 heterocycles. The molecule has 2 N–H and O–H groups in total. The number of carbonyl (C=O) groups excluding carboxylic acids is 3. The fourth-order valence-electron chi connectivity index (χ4n) is 5.32. The molecule has 10 nitrogen and oxygen atoms in total. The molecule has 0 unspecified atom stereocenters. The van der Waals surface area contributed by atoms with Crippen LogP contribution in [0.3, 0.4) is 0 Å². The second kappa shape index (κ2) is 8.87. The maximum atomic E-state index is 13.6. The van der Waals surface area contributed by atoms with E-state index in [1.54, 1.807) is 41.3 Å². The Bertz CT molecular complexity index is 1230. The minimum Gasteiger partial charge on any atom is -0.493 e. The van der Waals surface area contributed by atoms with Gasteiger partial charge in [-0.1, -0.05) is 12.2 Å². The van der Waals surface area contributed by atoms with Gasteiger partial charge in [0.1, 0.15) is 5.60 Å². The first kappa shape index (κ1) is 23.7. The van der Waals surface area contributed by atoms with Crippen molar-refractivity contribution < 1.29 is 33.3 Å². The molecule has 1 spiro atoms. The number of ether oxygens (including phenoxy) is 4. The maximum absolute atomic E-state index is 13.6. The van der Waals surface area contributed by atoms with Gasteiger partial charge in [-0.3, -0.25) is 14.4 Å². The Morgan fingerprint density at radius 2 is 1.67 bits per heavy atom. The van der Waals surface area contributed by atoms with Crippen molar-refractivity contribution in [2.45, 2.75) is 18.6 Å². The molecule has 36 heavy (non-hydrogen) atoms. The first-order chi connectivity index (χ1) is 17.3. The van der Waals surface area contributed by atoms with Crippen LogP contribution in [0.15, 0.2) is 48.6 Å². The monoisotopic (exact) mass is 493 g/mol. The predicted octanol–water partition coefficient (Wildman–Crippen LogP) is 2.60. The minimum absolute atomic E-state index is 0.176. The largest absolute Gasteiger partial charge is 0.493 e. The van der Waals surface area contributed by atoms with Gasteiger partial charge >= 0.3 is 0 Å². The topological polar surface area (TPSA) is 115 Å². The summed E-state index contributed by atoms with van der Waals surface area (Å²) in [6, 6.07) is 10.3. The van der Waals surface area contributed by atoms with E-state index in [1.807, 2.05) is 12.2 Å². The summed E-state index contributed by atoms with van der Waals surface area (Å²) in [6.45, 7) is 1.73. The van der Waals surface area contributed by atoms with E-state index in [0.717, 1.165) is 0 Å². The summed E-state index contributed by atoms with van der Waals surface area (Å²) in [5.74, 6) is -0.841. The Morgan fingerprint density at radius 3 is 2.25 bits per heavy atom. The average Bonchev–Trinajstić information content (AvgIpc) is 3.51. The normalized spacial score (nSPS) is 25.5. The molecule has 2 saturated heterocycles. The molecule has 2 aromatic rings. The quantitative estimate of drug-likeness (QED) is 0.570. The van der Waals surface area contributed by atoms with Gasteiger partial charge in [0.05, 0.1) is 45.8 Å². The summed E-state index contributed by atoms with van der Waals surface area (Å²) in [4.78, 5) is 40.0. The number of carbonyl (C=O) groups is 3. The van der Waals surface area contributed by atoms with Gasteiger partial charge in [0.2, 0.25) is 23.5 Å². The van der Waals surface area contributed by atoms with Crippen molar-refractivity contribution in [2.75, 3.05) is 43.4 Å². The molecule has 3 aliphatic heterocycles. The van der Waals surface area contributed by atoms with Crippen LogP contribution in [-0.2, 0) is 19.1 Å². The number of hydrogen-bond donors (Lipinski definition) is 2. The van der Waals surface area contributed by atoms with Crippen molar-refractivity contribution in [2.24, 2.45) is 11.8 Å². The van der Waals surface area contributed by atoms with Crippen molar-refractivity contribution in [3.05, 3.63) is 48.6 Å². The fourth-order valence-corrected chi connectivity index (χ4v) is 5.32. The first-order valence-electron chi connectivity index (χ1n) is 11.5. The summed E-state index contributed by atoms with van der Waals surface area (Å²) in [5.41, 5.74) is 0.888. The van der Waals surface area contributed by atoms with Crippen molar-refractivity contribution in [1.82, 2.24) is 0 Å². The Labute approximate surface area is 208 Å². The third kappa shape index (κ3) is 3.74. The summed E-state index contributed by atoms with van der Waals surface area (Å²) in [6.07, 6.45) is 3.26. The SMILES string of the molecule is COc1cc(NC(=O)[C@H]2[C@@H]3C=C[C@@]4(CN(c5ccc(NC(C)=O)cc5)C(=O)[C@H]24)O3)cc(OC)c1OC. The predicted molar refractivity (Wildman–Crippen MR) is 132 cm³/mol. The minimum atomic E-state index is -0.866. The van der Waals surface area contributed by atoms with Crippen molar-refractivity contribution in [3.63, 3.8) is 0 Å². The van der Waals surface area contributed by atoms with Crippen LogP contribution in [-0.4, -0.2) is 57.3 Å². The number of amides is 3. The van der Waals surface area contributed by atoms with E-state index in [1.165, 1.54) is 28.3 Å². The Kier molecular flexibility index (Phi) is 5.83. The number of nitrogens with zero attached hydrogens (tertiary/aromatic N) is 1. The average molecular weight is 494 g/mol. The lowest BCUT2D eigenvalue weighted by atomic mass is 9.77. The van der Waals surface area contributed by atoms with Crippen LogP contribution in [0.2, 0.25) is 0 Å². The van der Waals surface area contributed by atoms with Crippen molar-refractivity contribution in [1.29, 1.82) is 0 Å². The second-order valence-electron chi connectivity index (χ2n) is 8.96. The van der Waals surface area contributed by atoms with Crippen LogP contribution in [0.5, 0.6) is 17.2 Å². The van der Waals surface area contributed by atoms with Gasteiger partial charge in [-0.05, 0) is 24.3 Å². The van der Waals surface area contributed by atoms with Crippen LogP contribution < -0.4 is 29.7 Å². The highest BCUT2D eigenvalue weighted by atomic mass is 16.5. The highest BCUT2D eigenvalue weighted by Gasteiger charge is 2.67. The van der Waals surface area contributed by atoms with Gasteiger partial charge in [0.15, 0.2) is 11.5 Å². The van der Waals surface area contributed by atoms with Crippen LogP contribution >= 0.6 is 0 Å². The number of nitrogens with one attached hydrogen (secondary N) is 2. The summed E-state index contributed by atoms with van der Waals surface area (Å²) in [7, 11) is 4.49. The van der Waals surface area contributed by atoms with Crippen molar-refractivity contribution in [3.8, 4) is 17.2 Å². The molecule has 5 rings (SSSR count). The number of benzene rings is 2. The van der Waals surface area contributed by atoms with Gasteiger partial charge < -0.3 is 34.5 Å². The third-order valence-corrected chi connectivity index (χ3v) is 6.83. The van der Waals surface area contributed by atoms with Gasteiger partial charge in [-0.2, -0.15) is 0 Å². The van der Waals surface area contributed by atoms with E-state index in [4.69, 9.17) is 18.9 Å². The fraction of sp³-hybridized carbons (Fsp3) is 0.346. The van der Waals surface area contributed by atoms with Crippen LogP contribution in [0.4, 0.5) is 17.1 Å². The zero-order valence-electron chi connectivity index (χ0n) is 20.4. The molecule has 2 fully saturated rings. The summed E-state index contributed by atoms with van der Waals surface area (Å²) in [5, 5.41) is 5.61. The highest BCUT2D eigenvalue weighted by molar-refractivity contribution is 6.05. The van der Waals surface area contributed by atoms with Gasteiger partial charge in [-0.15, -0.1) is 0 Å². The smallest absolute Gasteiger partial charge is 0.234 e. The highest BCUT2D eigenvalue weighted by Crippen LogP contribution is 2.53. The molecule has 10 heteroatoms. The molecule has 2 bridgehead atoms. The lowest BCUT2D eigenvalue weighted by molar-refractivity contribution is -0.128. The first-order valence-corrected chi connectivity index (χ1v) is 11.5. The lowest BCUT2D eigenvalue weighted by Gasteiger charge is -2.24. The molecule has 188 valence electrons. The summed E-state index contributed by atoms with van der Waals surface area (Å²) < 4.78 is 22.3. The Hall–Kier alpha value is -4.05. The molecule has 0 aliphatic carbocycles. The molecular weight excluding hydrogens is 466 g/mol. The Morgan fingerprint density at radius 1 is 1.00 bits per heavy atom. The molecule has 0 radical (unpaired) electrons. The summed E-state index contributed by atoms with van der Waals surface area (Å²) >= 11 is 0. The van der Waals surface area contributed by atoms with E-state index in [-0.39, 0.29) is 17.7 Å². The van der Waals surface area contributed by atoms with Gasteiger partial charge in [-0.25, -0.2) is 0 Å². The number of fused-ring (bicyclic) bond motifs is 1. The third-order valence-electron chi connectivity index (χ3n) is 6.83. The van der Waals surface area contributed by atoms with Crippen molar-refractivity contribution >= 4 is 34.8 Å². The zero-order valence-corrected chi connectivity index (χ0v) is 20.4. The molecule has 2 aromatic carbocycles. The number of rotatable bonds is 7. The molecule has 3 aliphatic rings. The number of hydrogen-bond acceptors (Lipinski definition) is 7.